The van der Waals surface area contributed by atoms with Crippen LogP contribution in [0.1, 0.15) is 12.5 Å². The van der Waals surface area contributed by atoms with Crippen LogP contribution in [0.3, 0.4) is 0 Å². The molecule has 1 nitrogen and oxygen atoms in total. The van der Waals surface area contributed by atoms with Crippen LogP contribution in [-0.4, -0.2) is 6.61 Å². The summed E-state index contributed by atoms with van der Waals surface area (Å²) in [6, 6.07) is 9.99. The standard InChI is InChI=1S/C9H11O/c1-2-10-8-9-6-4-3-5-7-9/h3-8H,2H2,1H3. The summed E-state index contributed by atoms with van der Waals surface area (Å²) in [5.41, 5.74) is 1.12. The zero-order chi connectivity index (χ0) is 7.23. The molecule has 0 aliphatic heterocycles. The number of ether oxygens (including phenoxy) is 1. The zero-order valence-corrected chi connectivity index (χ0v) is 6.08. The molecule has 1 aromatic carbocycles. The van der Waals surface area contributed by atoms with E-state index < -0.39 is 0 Å². The minimum Gasteiger partial charge on any atom is -0.371 e. The molecule has 0 bridgehead atoms. The summed E-state index contributed by atoms with van der Waals surface area (Å²) < 4.78 is 5.09. The highest BCUT2D eigenvalue weighted by Gasteiger charge is 1.88. The lowest BCUT2D eigenvalue weighted by atomic mass is 10.2. The first kappa shape index (κ1) is 7.29. The topological polar surface area (TPSA) is 9.23 Å². The van der Waals surface area contributed by atoms with Crippen molar-refractivity contribution in [3.8, 4) is 0 Å². The third-order valence-electron chi connectivity index (χ3n) is 1.19. The Morgan fingerprint density at radius 1 is 1.30 bits per heavy atom. The predicted molar refractivity (Wildman–Crippen MR) is 41.5 cm³/mol. The molecule has 0 aliphatic carbocycles. The number of benzene rings is 1. The van der Waals surface area contributed by atoms with Crippen LogP contribution in [0.2, 0.25) is 0 Å². The van der Waals surface area contributed by atoms with Gasteiger partial charge in [0.1, 0.15) is 6.61 Å². The summed E-state index contributed by atoms with van der Waals surface area (Å²) in [5, 5.41) is 0. The Balaban J connectivity index is 2.43. The van der Waals surface area contributed by atoms with E-state index in [0.29, 0.717) is 0 Å². The van der Waals surface area contributed by atoms with E-state index >= 15 is 0 Å². The summed E-state index contributed by atoms with van der Waals surface area (Å²) in [6.07, 6.45) is 0. The Morgan fingerprint density at radius 2 is 2.00 bits per heavy atom. The molecule has 0 aromatic heterocycles. The highest BCUT2D eigenvalue weighted by molar-refractivity contribution is 5.19. The molecule has 0 saturated heterocycles. The van der Waals surface area contributed by atoms with Crippen molar-refractivity contribution >= 4 is 0 Å². The van der Waals surface area contributed by atoms with Gasteiger partial charge in [0.2, 0.25) is 0 Å². The van der Waals surface area contributed by atoms with Crippen molar-refractivity contribution in [1.82, 2.24) is 0 Å². The van der Waals surface area contributed by atoms with E-state index in [1.54, 1.807) is 6.61 Å². The van der Waals surface area contributed by atoms with Gasteiger partial charge in [-0.2, -0.15) is 0 Å². The van der Waals surface area contributed by atoms with E-state index in [1.165, 1.54) is 0 Å². The van der Waals surface area contributed by atoms with Gasteiger partial charge < -0.3 is 4.74 Å². The number of hydrogen-bond donors (Lipinski definition) is 0. The summed E-state index contributed by atoms with van der Waals surface area (Å²) in [4.78, 5) is 0. The van der Waals surface area contributed by atoms with Gasteiger partial charge in [-0.1, -0.05) is 30.3 Å². The Hall–Kier alpha value is -0.820. The molecule has 0 atom stereocenters. The van der Waals surface area contributed by atoms with Crippen LogP contribution in [0.4, 0.5) is 0 Å². The molecule has 0 unspecified atom stereocenters. The predicted octanol–water partition coefficient (Wildman–Crippen LogP) is 2.23. The summed E-state index contributed by atoms with van der Waals surface area (Å²) >= 11 is 0. The lowest BCUT2D eigenvalue weighted by molar-refractivity contribution is 0.230. The van der Waals surface area contributed by atoms with Crippen molar-refractivity contribution in [2.45, 2.75) is 6.92 Å². The first-order valence-corrected chi connectivity index (χ1v) is 3.43. The highest BCUT2D eigenvalue weighted by atomic mass is 16.5. The Kier molecular flexibility index (Phi) is 2.97. The van der Waals surface area contributed by atoms with Gasteiger partial charge in [-0.3, -0.25) is 0 Å². The van der Waals surface area contributed by atoms with Crippen molar-refractivity contribution in [3.63, 3.8) is 0 Å². The third kappa shape index (κ3) is 2.19. The smallest absolute Gasteiger partial charge is 0.113 e. The second-order valence-electron chi connectivity index (χ2n) is 1.98. The van der Waals surface area contributed by atoms with Crippen LogP contribution in [0.25, 0.3) is 0 Å². The van der Waals surface area contributed by atoms with Crippen molar-refractivity contribution in [2.75, 3.05) is 6.61 Å². The maximum atomic E-state index is 5.09. The largest absolute Gasteiger partial charge is 0.371 e. The molecule has 0 amide bonds. The molecule has 0 N–H and O–H groups in total. The molecule has 53 valence electrons. The van der Waals surface area contributed by atoms with Crippen molar-refractivity contribution in [1.29, 1.82) is 0 Å². The van der Waals surface area contributed by atoms with Gasteiger partial charge in [-0.25, -0.2) is 0 Å². The molecular weight excluding hydrogens is 124 g/mol. The van der Waals surface area contributed by atoms with Crippen LogP contribution in [-0.2, 0) is 4.74 Å². The van der Waals surface area contributed by atoms with E-state index in [4.69, 9.17) is 4.74 Å². The molecule has 0 fully saturated rings. The van der Waals surface area contributed by atoms with Crippen LogP contribution in [0.15, 0.2) is 30.3 Å². The van der Waals surface area contributed by atoms with E-state index in [0.717, 1.165) is 12.2 Å². The average molecular weight is 135 g/mol. The molecule has 1 heteroatoms. The fourth-order valence-corrected chi connectivity index (χ4v) is 0.711. The maximum Gasteiger partial charge on any atom is 0.113 e. The Morgan fingerprint density at radius 3 is 2.60 bits per heavy atom. The average Bonchev–Trinajstić information content (AvgIpc) is 2.03. The molecule has 1 aromatic rings. The number of rotatable bonds is 3. The van der Waals surface area contributed by atoms with Gasteiger partial charge in [0, 0.05) is 6.61 Å². The van der Waals surface area contributed by atoms with Gasteiger partial charge in [-0.05, 0) is 12.5 Å². The van der Waals surface area contributed by atoms with Crippen LogP contribution >= 0.6 is 0 Å². The molecule has 0 saturated carbocycles. The molecule has 1 radical (unpaired) electrons. The zero-order valence-electron chi connectivity index (χ0n) is 6.08. The second-order valence-corrected chi connectivity index (χ2v) is 1.98. The molecule has 10 heavy (non-hydrogen) atoms. The summed E-state index contributed by atoms with van der Waals surface area (Å²) in [6.45, 7) is 4.47. The number of hydrogen-bond acceptors (Lipinski definition) is 1. The first-order valence-electron chi connectivity index (χ1n) is 3.43. The van der Waals surface area contributed by atoms with Gasteiger partial charge in [0.05, 0.1) is 0 Å². The normalized spacial score (nSPS) is 9.70. The van der Waals surface area contributed by atoms with Gasteiger partial charge in [-0.15, -0.1) is 0 Å². The van der Waals surface area contributed by atoms with Crippen molar-refractivity contribution < 1.29 is 4.74 Å². The fraction of sp³-hybridized carbons (Fsp3) is 0.222. The van der Waals surface area contributed by atoms with Gasteiger partial charge >= 0.3 is 0 Å². The van der Waals surface area contributed by atoms with Gasteiger partial charge in [0.15, 0.2) is 0 Å². The Labute approximate surface area is 61.6 Å². The quantitative estimate of drug-likeness (QED) is 0.617. The molecular formula is C9H11O. The SMILES string of the molecule is CCO[CH]c1ccccc1. The van der Waals surface area contributed by atoms with E-state index in [-0.39, 0.29) is 0 Å². The first-order chi connectivity index (χ1) is 4.93. The molecule has 0 spiro atoms. The van der Waals surface area contributed by atoms with Crippen LogP contribution in [0, 0.1) is 6.61 Å². The van der Waals surface area contributed by atoms with Crippen LogP contribution < -0.4 is 0 Å². The third-order valence-corrected chi connectivity index (χ3v) is 1.19. The summed E-state index contributed by atoms with van der Waals surface area (Å²) in [5.74, 6) is 0. The minimum atomic E-state index is 0.731. The maximum absolute atomic E-state index is 5.09. The second kappa shape index (κ2) is 4.07. The van der Waals surface area contributed by atoms with Crippen molar-refractivity contribution in [2.24, 2.45) is 0 Å². The fourth-order valence-electron chi connectivity index (χ4n) is 0.711. The molecule has 1 rings (SSSR count). The molecule has 0 heterocycles. The van der Waals surface area contributed by atoms with Crippen molar-refractivity contribution in [3.05, 3.63) is 42.5 Å². The highest BCUT2D eigenvalue weighted by Crippen LogP contribution is 2.01. The minimum absolute atomic E-state index is 0.731. The van der Waals surface area contributed by atoms with E-state index in [9.17, 15) is 0 Å². The van der Waals surface area contributed by atoms with Crippen LogP contribution in [0.5, 0.6) is 0 Å². The van der Waals surface area contributed by atoms with E-state index in [2.05, 4.69) is 0 Å². The lowest BCUT2D eigenvalue weighted by Gasteiger charge is -1.97. The Bertz CT molecular complexity index is 169. The monoisotopic (exact) mass is 135 g/mol. The summed E-state index contributed by atoms with van der Waals surface area (Å²) in [7, 11) is 0. The molecule has 0 aliphatic rings. The lowest BCUT2D eigenvalue weighted by Crippen LogP contribution is -1.86. The van der Waals surface area contributed by atoms with Gasteiger partial charge in [0.25, 0.3) is 0 Å². The van der Waals surface area contributed by atoms with E-state index in [1.807, 2.05) is 37.3 Å².